The average molecular weight is 441 g/mol. The van der Waals surface area contributed by atoms with Crippen LogP contribution >= 0.6 is 23.2 Å². The minimum Gasteiger partial charge on any atom is -0.478 e. The highest BCUT2D eigenvalue weighted by atomic mass is 35.5. The zero-order valence-electron chi connectivity index (χ0n) is 14.5. The second-order valence-electron chi connectivity index (χ2n) is 6.24. The standard InChI is InChI=1S/C18H6Cl2N6O4/c19-10-4-8(16(27)28)7-2-5-1-6-3-9-11(12(17(29)30)24-18(20)21-9)23-13(6)25-14(5)26-15(7)22-10/h1-4H,(H,27,28)(H,29,30). The van der Waals surface area contributed by atoms with Crippen LogP contribution in [0.1, 0.15) is 20.8 Å². The number of fused-ring (bicyclic) bond motifs is 4. The van der Waals surface area contributed by atoms with Crippen LogP contribution in [-0.4, -0.2) is 52.1 Å². The molecule has 12 heteroatoms. The fourth-order valence-corrected chi connectivity index (χ4v) is 3.51. The number of hydrogen-bond acceptors (Lipinski definition) is 8. The second-order valence-corrected chi connectivity index (χ2v) is 6.97. The molecule has 0 aliphatic heterocycles. The Morgan fingerprint density at radius 1 is 0.733 bits per heavy atom. The molecule has 5 rings (SSSR count). The van der Waals surface area contributed by atoms with Gasteiger partial charge in [0.15, 0.2) is 22.6 Å². The van der Waals surface area contributed by atoms with Crippen molar-refractivity contribution in [3.8, 4) is 0 Å². The van der Waals surface area contributed by atoms with Crippen LogP contribution in [0.4, 0.5) is 0 Å². The Hall–Kier alpha value is -3.76. The Morgan fingerprint density at radius 3 is 2.17 bits per heavy atom. The highest BCUT2D eigenvalue weighted by molar-refractivity contribution is 6.30. The van der Waals surface area contributed by atoms with Gasteiger partial charge in [0.2, 0.25) is 5.28 Å². The number of rotatable bonds is 2. The molecule has 5 heterocycles. The Morgan fingerprint density at radius 2 is 1.43 bits per heavy atom. The van der Waals surface area contributed by atoms with Crippen molar-refractivity contribution in [2.75, 3.05) is 0 Å². The molecule has 0 bridgehead atoms. The summed E-state index contributed by atoms with van der Waals surface area (Å²) in [5, 5.41) is 19.9. The van der Waals surface area contributed by atoms with Crippen LogP contribution in [0.25, 0.3) is 44.1 Å². The number of nitrogens with zero attached hydrogens (tertiary/aromatic N) is 6. The van der Waals surface area contributed by atoms with E-state index in [4.69, 9.17) is 23.2 Å². The van der Waals surface area contributed by atoms with Crippen LogP contribution in [0.3, 0.4) is 0 Å². The summed E-state index contributed by atoms with van der Waals surface area (Å²) in [4.78, 5) is 47.8. The van der Waals surface area contributed by atoms with Crippen molar-refractivity contribution in [2.24, 2.45) is 0 Å². The normalized spacial score (nSPS) is 11.5. The van der Waals surface area contributed by atoms with Gasteiger partial charge in [-0.15, -0.1) is 0 Å². The maximum absolute atomic E-state index is 11.6. The summed E-state index contributed by atoms with van der Waals surface area (Å²) >= 11 is 11.7. The smallest absolute Gasteiger partial charge is 0.356 e. The molecule has 0 spiro atoms. The monoisotopic (exact) mass is 440 g/mol. The summed E-state index contributed by atoms with van der Waals surface area (Å²) in [7, 11) is 0. The zero-order chi connectivity index (χ0) is 21.2. The van der Waals surface area contributed by atoms with Crippen LogP contribution in [0.5, 0.6) is 0 Å². The van der Waals surface area contributed by atoms with E-state index in [1.807, 2.05) is 0 Å². The first kappa shape index (κ1) is 18.3. The fourth-order valence-electron chi connectivity index (χ4n) is 3.15. The van der Waals surface area contributed by atoms with Crippen molar-refractivity contribution in [3.05, 3.63) is 46.0 Å². The van der Waals surface area contributed by atoms with Gasteiger partial charge in [-0.1, -0.05) is 11.6 Å². The summed E-state index contributed by atoms with van der Waals surface area (Å²) in [6.07, 6.45) is 0. The number of aromatic nitrogens is 6. The Bertz CT molecular complexity index is 1470. The van der Waals surface area contributed by atoms with E-state index in [0.29, 0.717) is 16.2 Å². The van der Waals surface area contributed by atoms with E-state index >= 15 is 0 Å². The lowest BCUT2D eigenvalue weighted by Crippen LogP contribution is -2.05. The third kappa shape index (κ3) is 2.81. The molecule has 0 amide bonds. The quantitative estimate of drug-likeness (QED) is 0.237. The first-order valence-corrected chi connectivity index (χ1v) is 8.98. The molecule has 5 aromatic heterocycles. The maximum Gasteiger partial charge on any atom is 0.356 e. The highest BCUT2D eigenvalue weighted by Gasteiger charge is 2.18. The summed E-state index contributed by atoms with van der Waals surface area (Å²) < 4.78 is 0. The van der Waals surface area contributed by atoms with Crippen LogP contribution in [0.2, 0.25) is 10.4 Å². The molecule has 10 nitrogen and oxygen atoms in total. The third-order valence-corrected chi connectivity index (χ3v) is 4.75. The van der Waals surface area contributed by atoms with Gasteiger partial charge in [-0.3, -0.25) is 0 Å². The Kier molecular flexibility index (Phi) is 3.88. The Labute approximate surface area is 175 Å². The van der Waals surface area contributed by atoms with Crippen molar-refractivity contribution in [1.29, 1.82) is 0 Å². The van der Waals surface area contributed by atoms with Crippen molar-refractivity contribution in [3.63, 3.8) is 0 Å². The molecule has 146 valence electrons. The van der Waals surface area contributed by atoms with Crippen molar-refractivity contribution in [1.82, 2.24) is 29.9 Å². The molecule has 0 atom stereocenters. The summed E-state index contributed by atoms with van der Waals surface area (Å²) in [6, 6.07) is 6.10. The van der Waals surface area contributed by atoms with E-state index in [-0.39, 0.29) is 49.7 Å². The minimum atomic E-state index is -1.30. The molecular weight excluding hydrogens is 435 g/mol. The lowest BCUT2D eigenvalue weighted by Gasteiger charge is -2.07. The number of hydrogen-bond donors (Lipinski definition) is 2. The van der Waals surface area contributed by atoms with Crippen LogP contribution < -0.4 is 0 Å². The van der Waals surface area contributed by atoms with Gasteiger partial charge in [-0.2, -0.15) is 0 Å². The molecule has 0 aromatic carbocycles. The lowest BCUT2D eigenvalue weighted by molar-refractivity contribution is 0.0684. The molecular formula is C18H6Cl2N6O4. The van der Waals surface area contributed by atoms with Crippen LogP contribution in [0.15, 0.2) is 24.3 Å². The number of carboxylic acids is 2. The van der Waals surface area contributed by atoms with Gasteiger partial charge in [0, 0.05) is 16.2 Å². The first-order valence-electron chi connectivity index (χ1n) is 8.23. The van der Waals surface area contributed by atoms with Gasteiger partial charge in [-0.05, 0) is 35.9 Å². The van der Waals surface area contributed by atoms with Crippen LogP contribution in [-0.2, 0) is 0 Å². The molecule has 0 saturated heterocycles. The molecule has 0 unspecified atom stereocenters. The molecule has 0 saturated carbocycles. The summed E-state index contributed by atoms with van der Waals surface area (Å²) in [5.41, 5.74) is 0.425. The van der Waals surface area contributed by atoms with Crippen LogP contribution in [0, 0.1) is 0 Å². The molecule has 2 N–H and O–H groups in total. The van der Waals surface area contributed by atoms with Gasteiger partial charge in [0.05, 0.1) is 11.1 Å². The van der Waals surface area contributed by atoms with E-state index in [0.717, 1.165) is 0 Å². The minimum absolute atomic E-state index is 0.0169. The topological polar surface area (TPSA) is 152 Å². The maximum atomic E-state index is 11.6. The number of halogens is 2. The first-order chi connectivity index (χ1) is 14.3. The van der Waals surface area contributed by atoms with E-state index in [2.05, 4.69) is 29.9 Å². The number of pyridine rings is 4. The predicted octanol–water partition coefficient (Wildman–Crippen LogP) is 3.37. The van der Waals surface area contributed by atoms with Gasteiger partial charge in [-0.25, -0.2) is 39.5 Å². The SMILES string of the molecule is O=C(O)c1cc(Cl)nc2nc3nc4nc5c(C(=O)O)nc(Cl)nc5cc4cc3cc12. The largest absolute Gasteiger partial charge is 0.478 e. The number of aromatic carboxylic acids is 2. The second kappa shape index (κ2) is 6.37. The zero-order valence-corrected chi connectivity index (χ0v) is 16.0. The fraction of sp³-hybridized carbons (Fsp3) is 0. The molecule has 0 aliphatic carbocycles. The predicted molar refractivity (Wildman–Crippen MR) is 107 cm³/mol. The lowest BCUT2D eigenvalue weighted by atomic mass is 10.1. The Balaban J connectivity index is 1.88. The molecule has 5 aromatic rings. The van der Waals surface area contributed by atoms with Crippen molar-refractivity contribution >= 4 is 79.3 Å². The summed E-state index contributed by atoms with van der Waals surface area (Å²) in [5.74, 6) is -2.47. The summed E-state index contributed by atoms with van der Waals surface area (Å²) in [6.45, 7) is 0. The number of carboxylic acid groups (broad SMARTS) is 2. The number of carbonyl (C=O) groups is 2. The molecule has 0 fully saturated rings. The van der Waals surface area contributed by atoms with Gasteiger partial charge < -0.3 is 10.2 Å². The van der Waals surface area contributed by atoms with Gasteiger partial charge in [0.25, 0.3) is 0 Å². The van der Waals surface area contributed by atoms with Gasteiger partial charge in [0.1, 0.15) is 10.7 Å². The van der Waals surface area contributed by atoms with E-state index < -0.39 is 11.9 Å². The molecule has 0 aliphatic rings. The average Bonchev–Trinajstić information content (AvgIpc) is 2.68. The van der Waals surface area contributed by atoms with E-state index in [1.54, 1.807) is 18.2 Å². The van der Waals surface area contributed by atoms with Gasteiger partial charge >= 0.3 is 11.9 Å². The molecule has 0 radical (unpaired) electrons. The highest BCUT2D eigenvalue weighted by Crippen LogP contribution is 2.27. The van der Waals surface area contributed by atoms with E-state index in [1.165, 1.54) is 6.07 Å². The van der Waals surface area contributed by atoms with Crippen molar-refractivity contribution < 1.29 is 19.8 Å². The van der Waals surface area contributed by atoms with E-state index in [9.17, 15) is 19.8 Å². The third-order valence-electron chi connectivity index (χ3n) is 4.38. The van der Waals surface area contributed by atoms with Crippen molar-refractivity contribution in [2.45, 2.75) is 0 Å². The molecule has 30 heavy (non-hydrogen) atoms.